The van der Waals surface area contributed by atoms with Gasteiger partial charge in [0, 0.05) is 0 Å². The average Bonchev–Trinajstić information content (AvgIpc) is 3.18. The molecule has 0 N–H and O–H groups in total. The Labute approximate surface area is 133 Å². The van der Waals surface area contributed by atoms with E-state index >= 15 is 0 Å². The highest BCUT2D eigenvalue weighted by atomic mass is 14.6. The van der Waals surface area contributed by atoms with E-state index in [9.17, 15) is 0 Å². The molecule has 2 aliphatic rings. The minimum atomic E-state index is 0.713. The maximum Gasteiger partial charge on any atom is -0.00271 e. The first-order chi connectivity index (χ1) is 10.2. The van der Waals surface area contributed by atoms with Crippen LogP contribution in [0.5, 0.6) is 0 Å². The molecule has 4 atom stereocenters. The maximum atomic E-state index is 3.92. The maximum absolute atomic E-state index is 3.92. The molecule has 0 saturated heterocycles. The summed E-state index contributed by atoms with van der Waals surface area (Å²) in [4.78, 5) is 0. The first-order valence-electron chi connectivity index (χ1n) is 8.76. The Morgan fingerprint density at radius 3 is 2.48 bits per heavy atom. The van der Waals surface area contributed by atoms with Crippen LogP contribution in [-0.2, 0) is 0 Å². The van der Waals surface area contributed by atoms with Gasteiger partial charge in [0.15, 0.2) is 0 Å². The van der Waals surface area contributed by atoms with Gasteiger partial charge in [0.2, 0.25) is 0 Å². The van der Waals surface area contributed by atoms with E-state index in [0.29, 0.717) is 5.92 Å². The second kappa shape index (κ2) is 9.88. The van der Waals surface area contributed by atoms with E-state index in [-0.39, 0.29) is 0 Å². The first kappa shape index (κ1) is 18.1. The van der Waals surface area contributed by atoms with Crippen LogP contribution in [0.4, 0.5) is 0 Å². The van der Waals surface area contributed by atoms with E-state index in [4.69, 9.17) is 0 Å². The molecule has 0 aromatic rings. The van der Waals surface area contributed by atoms with E-state index in [2.05, 4.69) is 50.5 Å². The number of rotatable bonds is 6. The molecule has 2 saturated carbocycles. The topological polar surface area (TPSA) is 0 Å². The monoisotopic (exact) mass is 286 g/mol. The van der Waals surface area contributed by atoms with E-state index in [1.54, 1.807) is 0 Å². The van der Waals surface area contributed by atoms with Gasteiger partial charge in [-0.1, -0.05) is 38.5 Å². The Morgan fingerprint density at radius 1 is 1.19 bits per heavy atom. The smallest absolute Gasteiger partial charge is 0.00271 e. The van der Waals surface area contributed by atoms with Crippen molar-refractivity contribution in [1.82, 2.24) is 0 Å². The molecule has 0 nitrogen and oxygen atoms in total. The van der Waals surface area contributed by atoms with Crippen molar-refractivity contribution in [3.8, 4) is 11.8 Å². The van der Waals surface area contributed by atoms with Crippen molar-refractivity contribution in [2.24, 2.45) is 29.6 Å². The van der Waals surface area contributed by atoms with Gasteiger partial charge in [0.05, 0.1) is 0 Å². The highest BCUT2D eigenvalue weighted by Crippen LogP contribution is 2.60. The fourth-order valence-corrected chi connectivity index (χ4v) is 3.94. The molecule has 0 heteroatoms. The molecule has 2 rings (SSSR count). The molecule has 0 aromatic heterocycles. The molecule has 0 bridgehead atoms. The summed E-state index contributed by atoms with van der Waals surface area (Å²) in [6, 6.07) is 0. The van der Waals surface area contributed by atoms with Crippen LogP contribution in [-0.4, -0.2) is 0 Å². The summed E-state index contributed by atoms with van der Waals surface area (Å²) in [6.07, 6.45) is 15.3. The molecule has 0 radical (unpaired) electrons. The van der Waals surface area contributed by atoms with Gasteiger partial charge in [0.1, 0.15) is 0 Å². The van der Waals surface area contributed by atoms with Crippen molar-refractivity contribution in [1.29, 1.82) is 0 Å². The van der Waals surface area contributed by atoms with Crippen LogP contribution in [0, 0.1) is 41.4 Å². The van der Waals surface area contributed by atoms with Crippen LogP contribution in [0.2, 0.25) is 0 Å². The van der Waals surface area contributed by atoms with Crippen molar-refractivity contribution in [3.63, 3.8) is 0 Å². The van der Waals surface area contributed by atoms with Gasteiger partial charge in [0.25, 0.3) is 0 Å². The first-order valence-corrected chi connectivity index (χ1v) is 8.76. The number of hydrogen-bond acceptors (Lipinski definition) is 0. The van der Waals surface area contributed by atoms with Crippen molar-refractivity contribution in [3.05, 3.63) is 24.8 Å². The Kier molecular flexibility index (Phi) is 8.51. The molecule has 2 fully saturated rings. The van der Waals surface area contributed by atoms with Crippen LogP contribution < -0.4 is 0 Å². The average molecular weight is 287 g/mol. The molecule has 0 aliphatic heterocycles. The predicted octanol–water partition coefficient (Wildman–Crippen LogP) is 6.25. The van der Waals surface area contributed by atoms with E-state index < -0.39 is 0 Å². The quantitative estimate of drug-likeness (QED) is 0.400. The molecule has 0 spiro atoms. The minimum Gasteiger partial charge on any atom is -0.107 e. The zero-order chi connectivity index (χ0) is 15.7. The Morgan fingerprint density at radius 2 is 1.90 bits per heavy atom. The van der Waals surface area contributed by atoms with Gasteiger partial charge < -0.3 is 0 Å². The molecule has 118 valence electrons. The van der Waals surface area contributed by atoms with Crippen LogP contribution in [0.3, 0.4) is 0 Å². The van der Waals surface area contributed by atoms with Crippen LogP contribution in [0.1, 0.15) is 66.2 Å². The van der Waals surface area contributed by atoms with Crippen LogP contribution in [0.25, 0.3) is 0 Å². The van der Waals surface area contributed by atoms with Gasteiger partial charge in [-0.2, -0.15) is 0 Å². The lowest BCUT2D eigenvalue weighted by Gasteiger charge is -2.19. The zero-order valence-electron chi connectivity index (χ0n) is 14.6. The molecular weight excluding hydrogens is 252 g/mol. The van der Waals surface area contributed by atoms with Gasteiger partial charge >= 0.3 is 0 Å². The summed E-state index contributed by atoms with van der Waals surface area (Å²) in [5, 5.41) is 0. The van der Waals surface area contributed by atoms with Crippen molar-refractivity contribution < 1.29 is 0 Å². The fourth-order valence-electron chi connectivity index (χ4n) is 3.94. The third-order valence-electron chi connectivity index (χ3n) is 4.96. The van der Waals surface area contributed by atoms with Gasteiger partial charge in [-0.05, 0) is 75.5 Å². The molecule has 0 heterocycles. The Bertz CT molecular complexity index is 371. The Balaban J connectivity index is 0.000000491. The van der Waals surface area contributed by atoms with Gasteiger partial charge in [-0.25, -0.2) is 0 Å². The van der Waals surface area contributed by atoms with E-state index in [0.717, 1.165) is 23.7 Å². The zero-order valence-corrected chi connectivity index (χ0v) is 14.6. The van der Waals surface area contributed by atoms with Crippen LogP contribution in [0.15, 0.2) is 24.8 Å². The summed E-state index contributed by atoms with van der Waals surface area (Å²) >= 11 is 0. The van der Waals surface area contributed by atoms with Gasteiger partial charge in [-0.3, -0.25) is 0 Å². The highest BCUT2D eigenvalue weighted by molar-refractivity contribution is 5.04. The summed E-state index contributed by atoms with van der Waals surface area (Å²) in [5.74, 6) is 10.3. The lowest BCUT2D eigenvalue weighted by molar-refractivity contribution is 0.335. The summed E-state index contributed by atoms with van der Waals surface area (Å²) in [6.45, 7) is 12.1. The van der Waals surface area contributed by atoms with Crippen LogP contribution >= 0.6 is 0 Å². The van der Waals surface area contributed by atoms with E-state index in [1.807, 2.05) is 13.8 Å². The second-order valence-electron chi connectivity index (χ2n) is 6.87. The normalized spacial score (nSPS) is 30.0. The minimum absolute atomic E-state index is 0.713. The standard InChI is InChI=1S/C17H28.C4H6/c1-4-8-14-10-7-12-16-15(17(14)16)11-6-5-9-13(2)3;1-3-4-2/h4-5,9,13-17H,1,6-8,10-12H2,2-3H3;1-2H3/b9-5+;. The lowest BCUT2D eigenvalue weighted by Crippen LogP contribution is -2.08. The fraction of sp³-hybridized carbons (Fsp3) is 0.714. The summed E-state index contributed by atoms with van der Waals surface area (Å²) in [7, 11) is 0. The summed E-state index contributed by atoms with van der Waals surface area (Å²) in [5.41, 5.74) is 0. The highest BCUT2D eigenvalue weighted by Gasteiger charge is 2.53. The third-order valence-corrected chi connectivity index (χ3v) is 4.96. The van der Waals surface area contributed by atoms with Gasteiger partial charge in [-0.15, -0.1) is 18.4 Å². The molecule has 21 heavy (non-hydrogen) atoms. The molecular formula is C21H34. The van der Waals surface area contributed by atoms with Crippen molar-refractivity contribution in [2.45, 2.75) is 66.2 Å². The number of allylic oxidation sites excluding steroid dienone is 3. The molecule has 0 aromatic carbocycles. The molecule has 4 unspecified atom stereocenters. The summed E-state index contributed by atoms with van der Waals surface area (Å²) < 4.78 is 0. The third kappa shape index (κ3) is 6.13. The largest absolute Gasteiger partial charge is 0.107 e. The van der Waals surface area contributed by atoms with Crippen molar-refractivity contribution >= 4 is 0 Å². The molecule has 0 amide bonds. The second-order valence-corrected chi connectivity index (χ2v) is 6.87. The Hall–Kier alpha value is -0.960. The molecule has 2 aliphatic carbocycles. The SMILES string of the molecule is C=CCC1CCCC2C(CC/C=C/C(C)C)C12.CC#CC. The lowest BCUT2D eigenvalue weighted by atomic mass is 9.86. The van der Waals surface area contributed by atoms with E-state index in [1.165, 1.54) is 38.5 Å². The predicted molar refractivity (Wildman–Crippen MR) is 95.0 cm³/mol. The number of fused-ring (bicyclic) bond motifs is 1. The van der Waals surface area contributed by atoms with Crippen molar-refractivity contribution in [2.75, 3.05) is 0 Å². The number of hydrogen-bond donors (Lipinski definition) is 0.